The molecule has 0 saturated heterocycles. The first-order valence-electron chi connectivity index (χ1n) is 7.85. The largest absolute Gasteiger partial charge is 0.503 e. The summed E-state index contributed by atoms with van der Waals surface area (Å²) in [7, 11) is 0. The van der Waals surface area contributed by atoms with Crippen molar-refractivity contribution in [2.24, 2.45) is 0 Å². The molecule has 3 rings (SSSR count). The standard InChI is InChI=1S/C17H20N2O3/c1-2-13(20)14-15(12-9-5-6-10-18-12)19(17(22)16(14)21)11-7-3-4-8-11/h5-6,9-11,15,21H,2-4,7-8H2,1H3. The fraction of sp³-hybridized carbons (Fsp3) is 0.471. The van der Waals surface area contributed by atoms with Gasteiger partial charge >= 0.3 is 0 Å². The normalized spacial score (nSPS) is 22.7. The molecule has 0 aromatic carbocycles. The molecule has 2 aliphatic rings. The molecule has 22 heavy (non-hydrogen) atoms. The van der Waals surface area contributed by atoms with E-state index in [0.717, 1.165) is 25.7 Å². The second-order valence-electron chi connectivity index (χ2n) is 5.85. The zero-order valence-corrected chi connectivity index (χ0v) is 12.7. The van der Waals surface area contributed by atoms with E-state index in [1.165, 1.54) is 0 Å². The highest BCUT2D eigenvalue weighted by Crippen LogP contribution is 2.41. The molecule has 2 heterocycles. The lowest BCUT2D eigenvalue weighted by atomic mass is 9.97. The van der Waals surface area contributed by atoms with Gasteiger partial charge in [-0.1, -0.05) is 25.8 Å². The van der Waals surface area contributed by atoms with Gasteiger partial charge in [0.25, 0.3) is 5.91 Å². The molecule has 1 amide bonds. The Labute approximate surface area is 129 Å². The maximum Gasteiger partial charge on any atom is 0.290 e. The first kappa shape index (κ1) is 14.8. The van der Waals surface area contributed by atoms with E-state index in [-0.39, 0.29) is 23.8 Å². The maximum atomic E-state index is 12.5. The quantitative estimate of drug-likeness (QED) is 0.928. The molecule has 0 spiro atoms. The van der Waals surface area contributed by atoms with Crippen LogP contribution >= 0.6 is 0 Å². The number of rotatable bonds is 4. The van der Waals surface area contributed by atoms with Crippen molar-refractivity contribution >= 4 is 11.7 Å². The lowest BCUT2D eigenvalue weighted by molar-refractivity contribution is -0.131. The second-order valence-corrected chi connectivity index (χ2v) is 5.85. The van der Waals surface area contributed by atoms with Crippen LogP contribution in [-0.4, -0.2) is 32.7 Å². The van der Waals surface area contributed by atoms with Crippen LogP contribution in [0.4, 0.5) is 0 Å². The first-order chi connectivity index (χ1) is 10.6. The minimum Gasteiger partial charge on any atom is -0.503 e. The van der Waals surface area contributed by atoms with Gasteiger partial charge in [-0.05, 0) is 25.0 Å². The number of carbonyl (C=O) groups is 2. The lowest BCUT2D eigenvalue weighted by Crippen LogP contribution is -2.39. The van der Waals surface area contributed by atoms with Crippen LogP contribution in [0.3, 0.4) is 0 Å². The number of Topliss-reactive ketones (excluding diaryl/α,β-unsaturated/α-hetero) is 1. The number of nitrogens with zero attached hydrogens (tertiary/aromatic N) is 2. The van der Waals surface area contributed by atoms with Crippen LogP contribution in [0.1, 0.15) is 50.8 Å². The van der Waals surface area contributed by atoms with Crippen LogP contribution in [0.2, 0.25) is 0 Å². The van der Waals surface area contributed by atoms with Gasteiger partial charge in [0.2, 0.25) is 0 Å². The van der Waals surface area contributed by atoms with E-state index in [1.54, 1.807) is 30.2 Å². The molecule has 1 unspecified atom stereocenters. The molecule has 5 heteroatoms. The third-order valence-corrected chi connectivity index (χ3v) is 4.55. The predicted octanol–water partition coefficient (Wildman–Crippen LogP) is 2.70. The van der Waals surface area contributed by atoms with E-state index in [2.05, 4.69) is 4.98 Å². The van der Waals surface area contributed by atoms with E-state index in [9.17, 15) is 14.7 Å². The fourth-order valence-corrected chi connectivity index (χ4v) is 3.49. The Morgan fingerprint density at radius 1 is 1.36 bits per heavy atom. The van der Waals surface area contributed by atoms with E-state index in [0.29, 0.717) is 5.69 Å². The van der Waals surface area contributed by atoms with E-state index in [1.807, 2.05) is 6.07 Å². The van der Waals surface area contributed by atoms with Crippen molar-refractivity contribution in [3.63, 3.8) is 0 Å². The fourth-order valence-electron chi connectivity index (χ4n) is 3.49. The Morgan fingerprint density at radius 3 is 2.68 bits per heavy atom. The summed E-state index contributed by atoms with van der Waals surface area (Å²) in [6.07, 6.45) is 5.87. The molecule has 116 valence electrons. The van der Waals surface area contributed by atoms with Gasteiger partial charge in [0.15, 0.2) is 11.5 Å². The topological polar surface area (TPSA) is 70.5 Å². The summed E-state index contributed by atoms with van der Waals surface area (Å²) in [6.45, 7) is 1.74. The highest BCUT2D eigenvalue weighted by Gasteiger charge is 2.46. The molecular formula is C17H20N2O3. The van der Waals surface area contributed by atoms with Crippen LogP contribution in [0, 0.1) is 0 Å². The third kappa shape index (κ3) is 2.30. The van der Waals surface area contributed by atoms with Gasteiger partial charge in [-0.15, -0.1) is 0 Å². The number of carbonyl (C=O) groups excluding carboxylic acids is 2. The molecule has 1 N–H and O–H groups in total. The predicted molar refractivity (Wildman–Crippen MR) is 81.0 cm³/mol. The Balaban J connectivity index is 2.07. The van der Waals surface area contributed by atoms with Crippen molar-refractivity contribution in [2.45, 2.75) is 51.1 Å². The Morgan fingerprint density at radius 2 is 2.09 bits per heavy atom. The molecule has 1 aliphatic heterocycles. The zero-order chi connectivity index (χ0) is 15.7. The molecule has 1 atom stereocenters. The molecular weight excluding hydrogens is 280 g/mol. The van der Waals surface area contributed by atoms with Crippen molar-refractivity contribution in [1.29, 1.82) is 0 Å². The smallest absolute Gasteiger partial charge is 0.290 e. The van der Waals surface area contributed by atoms with Gasteiger partial charge < -0.3 is 10.0 Å². The van der Waals surface area contributed by atoms with Crippen molar-refractivity contribution < 1.29 is 14.7 Å². The molecule has 1 aromatic rings. The average molecular weight is 300 g/mol. The molecule has 1 saturated carbocycles. The maximum absolute atomic E-state index is 12.5. The number of hydrogen-bond donors (Lipinski definition) is 1. The first-order valence-corrected chi connectivity index (χ1v) is 7.85. The van der Waals surface area contributed by atoms with E-state index >= 15 is 0 Å². The molecule has 0 radical (unpaired) electrons. The van der Waals surface area contributed by atoms with Crippen LogP contribution in [0.5, 0.6) is 0 Å². The number of pyridine rings is 1. The van der Waals surface area contributed by atoms with Gasteiger partial charge in [-0.2, -0.15) is 0 Å². The number of aliphatic hydroxyl groups excluding tert-OH is 1. The monoisotopic (exact) mass is 300 g/mol. The molecule has 5 nitrogen and oxygen atoms in total. The summed E-state index contributed by atoms with van der Waals surface area (Å²) < 4.78 is 0. The average Bonchev–Trinajstić information content (AvgIpc) is 3.15. The van der Waals surface area contributed by atoms with E-state index in [4.69, 9.17) is 0 Å². The highest BCUT2D eigenvalue weighted by molar-refractivity contribution is 6.08. The Hall–Kier alpha value is -2.17. The summed E-state index contributed by atoms with van der Waals surface area (Å²) in [6, 6.07) is 4.96. The summed E-state index contributed by atoms with van der Waals surface area (Å²) in [4.78, 5) is 30.8. The van der Waals surface area contributed by atoms with Gasteiger partial charge in [0.1, 0.15) is 6.04 Å². The number of amides is 1. The molecule has 0 bridgehead atoms. The minimum absolute atomic E-state index is 0.0730. The minimum atomic E-state index is -0.552. The van der Waals surface area contributed by atoms with Gasteiger partial charge in [-0.3, -0.25) is 14.6 Å². The SMILES string of the molecule is CCC(=O)C1=C(O)C(=O)N(C2CCCC2)C1c1ccccn1. The summed E-state index contributed by atoms with van der Waals surface area (Å²) in [5.41, 5.74) is 0.849. The molecule has 1 aromatic heterocycles. The zero-order valence-electron chi connectivity index (χ0n) is 12.7. The van der Waals surface area contributed by atoms with Crippen molar-refractivity contribution in [1.82, 2.24) is 9.88 Å². The highest BCUT2D eigenvalue weighted by atomic mass is 16.3. The lowest BCUT2D eigenvalue weighted by Gasteiger charge is -2.31. The number of aliphatic hydroxyl groups is 1. The van der Waals surface area contributed by atoms with Gasteiger partial charge in [0.05, 0.1) is 11.3 Å². The van der Waals surface area contributed by atoms with Crippen LogP contribution in [0.15, 0.2) is 35.7 Å². The number of aromatic nitrogens is 1. The van der Waals surface area contributed by atoms with Crippen LogP contribution in [-0.2, 0) is 9.59 Å². The van der Waals surface area contributed by atoms with Crippen molar-refractivity contribution in [3.05, 3.63) is 41.4 Å². The third-order valence-electron chi connectivity index (χ3n) is 4.55. The van der Waals surface area contributed by atoms with Gasteiger partial charge in [0, 0.05) is 18.7 Å². The van der Waals surface area contributed by atoms with Crippen molar-refractivity contribution in [3.8, 4) is 0 Å². The van der Waals surface area contributed by atoms with Crippen LogP contribution < -0.4 is 0 Å². The Bertz CT molecular complexity index is 618. The number of ketones is 1. The Kier molecular flexibility index (Phi) is 3.96. The van der Waals surface area contributed by atoms with E-state index < -0.39 is 17.7 Å². The summed E-state index contributed by atoms with van der Waals surface area (Å²) in [5.74, 6) is -1.02. The molecule has 1 fully saturated rings. The van der Waals surface area contributed by atoms with Crippen molar-refractivity contribution in [2.75, 3.05) is 0 Å². The van der Waals surface area contributed by atoms with Crippen LogP contribution in [0.25, 0.3) is 0 Å². The summed E-state index contributed by atoms with van der Waals surface area (Å²) in [5, 5.41) is 10.3. The number of hydrogen-bond acceptors (Lipinski definition) is 4. The summed E-state index contributed by atoms with van der Waals surface area (Å²) >= 11 is 0. The van der Waals surface area contributed by atoms with Gasteiger partial charge in [-0.25, -0.2) is 0 Å². The molecule has 1 aliphatic carbocycles. The second kappa shape index (κ2) is 5.91.